The van der Waals surface area contributed by atoms with E-state index in [1.807, 2.05) is 19.1 Å². The number of fused-ring (bicyclic) bond motifs is 1. The topological polar surface area (TPSA) is 85.7 Å². The van der Waals surface area contributed by atoms with E-state index in [0.29, 0.717) is 29.4 Å². The van der Waals surface area contributed by atoms with E-state index < -0.39 is 11.6 Å². The minimum atomic E-state index is -0.686. The summed E-state index contributed by atoms with van der Waals surface area (Å²) in [4.78, 5) is 13.1. The number of hydrogen-bond acceptors (Lipinski definition) is 7. The Balaban J connectivity index is 1.41. The van der Waals surface area contributed by atoms with Crippen molar-refractivity contribution in [1.82, 2.24) is 25.1 Å². The molecule has 0 aliphatic heterocycles. The lowest BCUT2D eigenvalue weighted by Crippen LogP contribution is -2.00. The molecule has 1 N–H and O–H groups in total. The molecule has 174 valence electrons. The molecule has 0 unspecified atom stereocenters. The molecule has 7 nitrogen and oxygen atoms in total. The first-order valence-corrected chi connectivity index (χ1v) is 11.0. The molecule has 0 aliphatic rings. The number of aromatic nitrogens is 5. The maximum absolute atomic E-state index is 14.5. The van der Waals surface area contributed by atoms with Crippen LogP contribution in [0.4, 0.5) is 20.3 Å². The standard InChI is InChI=1S/C25H17ClF2N6O/c1-2-20-29-13-11-19(32-20)16-4-3-12-30-25(16)35-15-7-5-14(6-8-15)31-24-22-18(28)10-9-17(27)21(22)23(26)33-34-24/h3-13H,2H2,1H3,(H,31,34). The number of aryl methyl sites for hydroxylation is 1. The van der Waals surface area contributed by atoms with Crippen molar-refractivity contribution >= 4 is 33.9 Å². The van der Waals surface area contributed by atoms with E-state index >= 15 is 0 Å². The molecule has 10 heteroatoms. The van der Waals surface area contributed by atoms with E-state index in [4.69, 9.17) is 16.3 Å². The summed E-state index contributed by atoms with van der Waals surface area (Å²) in [7, 11) is 0. The molecule has 0 aliphatic carbocycles. The van der Waals surface area contributed by atoms with Crippen LogP contribution in [0.25, 0.3) is 22.0 Å². The van der Waals surface area contributed by atoms with Crippen LogP contribution >= 0.6 is 11.6 Å². The van der Waals surface area contributed by atoms with Crippen LogP contribution < -0.4 is 10.1 Å². The van der Waals surface area contributed by atoms with Gasteiger partial charge in [-0.15, -0.1) is 10.2 Å². The number of hydrogen-bond donors (Lipinski definition) is 1. The van der Waals surface area contributed by atoms with Gasteiger partial charge in [-0.25, -0.2) is 23.7 Å². The van der Waals surface area contributed by atoms with Crippen LogP contribution in [0.3, 0.4) is 0 Å². The van der Waals surface area contributed by atoms with Gasteiger partial charge in [-0.2, -0.15) is 0 Å². The Kier molecular flexibility index (Phi) is 6.15. The zero-order valence-electron chi connectivity index (χ0n) is 18.3. The quantitative estimate of drug-likeness (QED) is 0.290. The molecule has 0 bridgehead atoms. The zero-order chi connectivity index (χ0) is 24.4. The molecular weight excluding hydrogens is 474 g/mol. The average Bonchev–Trinajstić information content (AvgIpc) is 2.89. The molecule has 2 aromatic carbocycles. The highest BCUT2D eigenvalue weighted by Gasteiger charge is 2.17. The van der Waals surface area contributed by atoms with Crippen LogP contribution in [0, 0.1) is 11.6 Å². The summed E-state index contributed by atoms with van der Waals surface area (Å²) < 4.78 is 34.7. The number of nitrogens with zero attached hydrogens (tertiary/aromatic N) is 5. The Hall–Kier alpha value is -4.24. The monoisotopic (exact) mass is 490 g/mol. The second-order valence-corrected chi connectivity index (χ2v) is 7.80. The SMILES string of the molecule is CCc1nccc(-c2cccnc2Oc2ccc(Nc3nnc(Cl)c4c(F)ccc(F)c34)cc2)n1. The third-order valence-corrected chi connectivity index (χ3v) is 5.45. The van der Waals surface area contributed by atoms with Gasteiger partial charge >= 0.3 is 0 Å². The van der Waals surface area contributed by atoms with Crippen LogP contribution in [0.1, 0.15) is 12.7 Å². The first kappa shape index (κ1) is 22.5. The summed E-state index contributed by atoms with van der Waals surface area (Å²) in [5.74, 6) is 0.318. The Morgan fingerprint density at radius 2 is 1.66 bits per heavy atom. The molecule has 3 heterocycles. The van der Waals surface area contributed by atoms with Gasteiger partial charge in [0.15, 0.2) is 11.0 Å². The highest BCUT2D eigenvalue weighted by molar-refractivity contribution is 6.34. The van der Waals surface area contributed by atoms with Crippen molar-refractivity contribution in [1.29, 1.82) is 0 Å². The lowest BCUT2D eigenvalue weighted by Gasteiger charge is -2.12. The molecule has 5 aromatic rings. The molecular formula is C25H17ClF2N6O. The molecule has 0 fully saturated rings. The predicted octanol–water partition coefficient (Wildman–Crippen LogP) is 6.51. The fourth-order valence-electron chi connectivity index (χ4n) is 3.51. The Morgan fingerprint density at radius 1 is 0.886 bits per heavy atom. The van der Waals surface area contributed by atoms with E-state index in [1.54, 1.807) is 42.7 Å². The van der Waals surface area contributed by atoms with E-state index in [9.17, 15) is 8.78 Å². The Morgan fingerprint density at radius 3 is 2.43 bits per heavy atom. The summed E-state index contributed by atoms with van der Waals surface area (Å²) in [6, 6.07) is 14.3. The van der Waals surface area contributed by atoms with E-state index in [-0.39, 0.29) is 21.7 Å². The third kappa shape index (κ3) is 4.58. The maximum atomic E-state index is 14.5. The van der Waals surface area contributed by atoms with E-state index in [1.165, 1.54) is 0 Å². The van der Waals surface area contributed by atoms with Crippen molar-refractivity contribution in [3.05, 3.63) is 89.6 Å². The third-order valence-electron chi connectivity index (χ3n) is 5.18. The minimum Gasteiger partial charge on any atom is -0.438 e. The summed E-state index contributed by atoms with van der Waals surface area (Å²) in [6.07, 6.45) is 4.05. The summed E-state index contributed by atoms with van der Waals surface area (Å²) >= 11 is 5.94. The summed E-state index contributed by atoms with van der Waals surface area (Å²) in [5, 5.41) is 10.2. The largest absolute Gasteiger partial charge is 0.438 e. The normalized spacial score (nSPS) is 11.0. The molecule has 0 spiro atoms. The number of ether oxygens (including phenoxy) is 1. The first-order chi connectivity index (χ1) is 17.0. The average molecular weight is 491 g/mol. The molecule has 3 aromatic heterocycles. The molecule has 0 radical (unpaired) electrons. The predicted molar refractivity (Wildman–Crippen MR) is 129 cm³/mol. The highest BCUT2D eigenvalue weighted by Crippen LogP contribution is 2.34. The van der Waals surface area contributed by atoms with Crippen molar-refractivity contribution in [2.24, 2.45) is 0 Å². The smallest absolute Gasteiger partial charge is 0.228 e. The van der Waals surface area contributed by atoms with Crippen LogP contribution in [0.2, 0.25) is 5.15 Å². The van der Waals surface area contributed by atoms with Gasteiger partial charge in [0.05, 0.1) is 22.0 Å². The molecule has 0 saturated carbocycles. The fraction of sp³-hybridized carbons (Fsp3) is 0.0800. The molecule has 0 amide bonds. The number of benzene rings is 2. The van der Waals surface area contributed by atoms with Crippen LogP contribution in [-0.2, 0) is 6.42 Å². The number of pyridine rings is 1. The first-order valence-electron chi connectivity index (χ1n) is 10.7. The lowest BCUT2D eigenvalue weighted by atomic mass is 10.1. The second kappa shape index (κ2) is 9.55. The van der Waals surface area contributed by atoms with Gasteiger partial charge in [-0.1, -0.05) is 18.5 Å². The fourth-order valence-corrected chi connectivity index (χ4v) is 3.73. The molecule has 0 saturated heterocycles. The Labute approximate surface area is 203 Å². The maximum Gasteiger partial charge on any atom is 0.228 e. The van der Waals surface area contributed by atoms with Gasteiger partial charge in [0, 0.05) is 24.5 Å². The number of halogens is 3. The number of rotatable bonds is 6. The molecule has 0 atom stereocenters. The number of nitrogens with one attached hydrogen (secondary N) is 1. The number of anilines is 2. The van der Waals surface area contributed by atoms with Gasteiger partial charge in [0.2, 0.25) is 5.88 Å². The van der Waals surface area contributed by atoms with Crippen LogP contribution in [0.15, 0.2) is 67.0 Å². The van der Waals surface area contributed by atoms with Crippen molar-refractivity contribution in [3.63, 3.8) is 0 Å². The summed E-state index contributed by atoms with van der Waals surface area (Å²) in [5.41, 5.74) is 2.00. The van der Waals surface area contributed by atoms with Crippen molar-refractivity contribution in [3.8, 4) is 22.9 Å². The van der Waals surface area contributed by atoms with Gasteiger partial charge in [0.1, 0.15) is 23.2 Å². The van der Waals surface area contributed by atoms with Crippen LogP contribution in [-0.4, -0.2) is 25.1 Å². The van der Waals surface area contributed by atoms with Gasteiger partial charge in [-0.05, 0) is 54.6 Å². The Bertz CT molecular complexity index is 1520. The summed E-state index contributed by atoms with van der Waals surface area (Å²) in [6.45, 7) is 1.98. The van der Waals surface area contributed by atoms with Gasteiger partial charge in [-0.3, -0.25) is 0 Å². The molecule has 5 rings (SSSR count). The van der Waals surface area contributed by atoms with Gasteiger partial charge < -0.3 is 10.1 Å². The zero-order valence-corrected chi connectivity index (χ0v) is 19.1. The highest BCUT2D eigenvalue weighted by atomic mass is 35.5. The van der Waals surface area contributed by atoms with Crippen LogP contribution in [0.5, 0.6) is 11.6 Å². The second-order valence-electron chi connectivity index (χ2n) is 7.44. The molecule has 35 heavy (non-hydrogen) atoms. The van der Waals surface area contributed by atoms with E-state index in [0.717, 1.165) is 23.5 Å². The van der Waals surface area contributed by atoms with Crippen molar-refractivity contribution in [2.45, 2.75) is 13.3 Å². The van der Waals surface area contributed by atoms with Crippen molar-refractivity contribution < 1.29 is 13.5 Å². The minimum absolute atomic E-state index is 0.0394. The van der Waals surface area contributed by atoms with Crippen molar-refractivity contribution in [2.75, 3.05) is 5.32 Å². The lowest BCUT2D eigenvalue weighted by molar-refractivity contribution is 0.465. The van der Waals surface area contributed by atoms with Gasteiger partial charge in [0.25, 0.3) is 0 Å². The van der Waals surface area contributed by atoms with E-state index in [2.05, 4.69) is 30.5 Å².